The fourth-order valence-electron chi connectivity index (χ4n) is 2.92. The molecule has 0 aliphatic carbocycles. The molecular weight excluding hydrogens is 556 g/mol. The van der Waals surface area contributed by atoms with Crippen molar-refractivity contribution in [3.05, 3.63) is 61.0 Å². The Bertz CT molecular complexity index is 1180. The van der Waals surface area contributed by atoms with Gasteiger partial charge in [-0.3, -0.25) is 13.9 Å². The van der Waals surface area contributed by atoms with E-state index in [4.69, 9.17) is 58.0 Å². The number of nitrogens with zero attached hydrogens (tertiary/aromatic N) is 2. The number of benzene rings is 2. The molecule has 7 nitrogen and oxygen atoms in total. The zero-order valence-corrected chi connectivity index (χ0v) is 22.3. The second kappa shape index (κ2) is 11.3. The van der Waals surface area contributed by atoms with Gasteiger partial charge in [-0.15, -0.1) is 0 Å². The van der Waals surface area contributed by atoms with Crippen LogP contribution in [0.15, 0.2) is 30.3 Å². The van der Waals surface area contributed by atoms with Crippen LogP contribution in [0.4, 0.5) is 5.69 Å². The highest BCUT2D eigenvalue weighted by Crippen LogP contribution is 2.35. The highest BCUT2D eigenvalue weighted by atomic mass is 35.5. The smallest absolute Gasteiger partial charge is 0.244 e. The van der Waals surface area contributed by atoms with Crippen molar-refractivity contribution in [2.24, 2.45) is 0 Å². The van der Waals surface area contributed by atoms with Crippen molar-refractivity contribution in [2.75, 3.05) is 24.2 Å². The molecule has 0 saturated carbocycles. The Morgan fingerprint density at radius 2 is 1.52 bits per heavy atom. The van der Waals surface area contributed by atoms with E-state index in [9.17, 15) is 18.0 Å². The van der Waals surface area contributed by atoms with Gasteiger partial charge in [-0.25, -0.2) is 8.42 Å². The Morgan fingerprint density at radius 3 is 2.06 bits per heavy atom. The van der Waals surface area contributed by atoms with Gasteiger partial charge in [0.25, 0.3) is 0 Å². The summed E-state index contributed by atoms with van der Waals surface area (Å²) in [6, 6.07) is 6.38. The summed E-state index contributed by atoms with van der Waals surface area (Å²) in [5.74, 6) is -1.10. The molecule has 0 unspecified atom stereocenters. The molecule has 1 atom stereocenters. The van der Waals surface area contributed by atoms with E-state index >= 15 is 0 Å². The molecule has 0 fully saturated rings. The van der Waals surface area contributed by atoms with Gasteiger partial charge < -0.3 is 10.2 Å². The highest BCUT2D eigenvalue weighted by Gasteiger charge is 2.31. The van der Waals surface area contributed by atoms with E-state index in [2.05, 4.69) is 5.32 Å². The second-order valence-electron chi connectivity index (χ2n) is 7.05. The van der Waals surface area contributed by atoms with Crippen LogP contribution < -0.4 is 9.62 Å². The fraction of sp³-hybridized carbons (Fsp3) is 0.300. The minimum absolute atomic E-state index is 0.0157. The van der Waals surface area contributed by atoms with Crippen LogP contribution in [0.3, 0.4) is 0 Å². The Morgan fingerprint density at radius 1 is 0.939 bits per heavy atom. The summed E-state index contributed by atoms with van der Waals surface area (Å²) in [7, 11) is -2.55. The lowest BCUT2D eigenvalue weighted by atomic mass is 10.1. The number of nitrogens with one attached hydrogen (secondary N) is 1. The van der Waals surface area contributed by atoms with Crippen molar-refractivity contribution >= 4 is 85.5 Å². The topological polar surface area (TPSA) is 86.8 Å². The molecule has 2 amide bonds. The van der Waals surface area contributed by atoms with Crippen LogP contribution in [-0.2, 0) is 26.2 Å². The third-order valence-electron chi connectivity index (χ3n) is 4.69. The molecule has 0 heterocycles. The maximum atomic E-state index is 13.3. The van der Waals surface area contributed by atoms with Crippen LogP contribution in [-0.4, -0.2) is 51.0 Å². The summed E-state index contributed by atoms with van der Waals surface area (Å²) in [4.78, 5) is 26.9. The summed E-state index contributed by atoms with van der Waals surface area (Å²) < 4.78 is 25.9. The van der Waals surface area contributed by atoms with Gasteiger partial charge >= 0.3 is 0 Å². The van der Waals surface area contributed by atoms with Crippen molar-refractivity contribution in [1.82, 2.24) is 10.2 Å². The van der Waals surface area contributed by atoms with Gasteiger partial charge in [-0.2, -0.15) is 0 Å². The Labute approximate surface area is 217 Å². The summed E-state index contributed by atoms with van der Waals surface area (Å²) in [6.07, 6.45) is 0.921. The van der Waals surface area contributed by atoms with Crippen molar-refractivity contribution in [2.45, 2.75) is 19.5 Å². The minimum atomic E-state index is -3.97. The van der Waals surface area contributed by atoms with Crippen LogP contribution in [0.1, 0.15) is 12.5 Å². The van der Waals surface area contributed by atoms with E-state index < -0.39 is 34.4 Å². The normalized spacial score (nSPS) is 12.2. The first-order valence-corrected chi connectivity index (χ1v) is 13.1. The van der Waals surface area contributed by atoms with Crippen molar-refractivity contribution in [3.8, 4) is 0 Å². The molecule has 0 aliphatic heterocycles. The SMILES string of the molecule is CNC(=O)[C@H](C)N(Cc1ccc(Cl)c(Cl)c1)C(=O)CN(c1cc(Cl)c(Cl)cc1Cl)S(C)(=O)=O. The molecule has 13 heteroatoms. The van der Waals surface area contributed by atoms with Crippen LogP contribution >= 0.6 is 58.0 Å². The number of anilines is 1. The number of sulfonamides is 1. The van der Waals surface area contributed by atoms with E-state index in [0.717, 1.165) is 10.6 Å². The van der Waals surface area contributed by atoms with E-state index in [1.54, 1.807) is 18.2 Å². The number of hydrogen-bond acceptors (Lipinski definition) is 4. The number of carbonyl (C=O) groups is 2. The molecule has 0 saturated heterocycles. The van der Waals surface area contributed by atoms with Crippen LogP contribution in [0.25, 0.3) is 0 Å². The van der Waals surface area contributed by atoms with Crippen molar-refractivity contribution < 1.29 is 18.0 Å². The van der Waals surface area contributed by atoms with Gasteiger partial charge in [0.15, 0.2) is 0 Å². The van der Waals surface area contributed by atoms with E-state index in [0.29, 0.717) is 10.6 Å². The Hall–Kier alpha value is -1.42. The largest absolute Gasteiger partial charge is 0.357 e. The van der Waals surface area contributed by atoms with E-state index in [-0.39, 0.29) is 32.3 Å². The molecule has 33 heavy (non-hydrogen) atoms. The lowest BCUT2D eigenvalue weighted by Gasteiger charge is -2.31. The number of likely N-dealkylation sites (N-methyl/N-ethyl adjacent to an activating group) is 1. The minimum Gasteiger partial charge on any atom is -0.357 e. The molecule has 2 aromatic rings. The van der Waals surface area contributed by atoms with Crippen LogP contribution in [0.2, 0.25) is 25.1 Å². The first kappa shape index (κ1) is 27.8. The van der Waals surface area contributed by atoms with Gasteiger partial charge in [0.05, 0.1) is 37.1 Å². The van der Waals surface area contributed by atoms with Crippen molar-refractivity contribution in [1.29, 1.82) is 0 Å². The molecular formula is C20H20Cl5N3O4S. The lowest BCUT2D eigenvalue weighted by molar-refractivity contribution is -0.139. The molecule has 180 valence electrons. The first-order valence-electron chi connectivity index (χ1n) is 9.33. The van der Waals surface area contributed by atoms with Crippen LogP contribution in [0, 0.1) is 0 Å². The molecule has 0 spiro atoms. The maximum Gasteiger partial charge on any atom is 0.244 e. The summed E-state index contributed by atoms with van der Waals surface area (Å²) in [6.45, 7) is 0.849. The number of halogens is 5. The molecule has 2 rings (SSSR count). The zero-order chi connectivity index (χ0) is 25.1. The Kier molecular flexibility index (Phi) is 9.56. The molecule has 0 aliphatic rings. The number of rotatable bonds is 8. The third kappa shape index (κ3) is 7.04. The van der Waals surface area contributed by atoms with E-state index in [1.807, 2.05) is 0 Å². The lowest BCUT2D eigenvalue weighted by Crippen LogP contribution is -2.50. The quantitative estimate of drug-likeness (QED) is 0.455. The molecule has 2 aromatic carbocycles. The van der Waals surface area contributed by atoms with Gasteiger partial charge in [-0.1, -0.05) is 64.1 Å². The van der Waals surface area contributed by atoms with Gasteiger partial charge in [-0.05, 0) is 36.8 Å². The number of amides is 2. The second-order valence-corrected chi connectivity index (χ2v) is 11.0. The monoisotopic (exact) mass is 573 g/mol. The zero-order valence-electron chi connectivity index (χ0n) is 17.7. The average molecular weight is 576 g/mol. The number of hydrogen-bond donors (Lipinski definition) is 1. The first-order chi connectivity index (χ1) is 15.3. The predicted octanol–water partition coefficient (Wildman–Crippen LogP) is 4.88. The van der Waals surface area contributed by atoms with Crippen molar-refractivity contribution in [3.63, 3.8) is 0 Å². The molecule has 0 bridgehead atoms. The fourth-order valence-corrected chi connectivity index (χ4v) is 4.79. The van der Waals surface area contributed by atoms with Gasteiger partial charge in [0.2, 0.25) is 21.8 Å². The molecule has 0 radical (unpaired) electrons. The third-order valence-corrected chi connectivity index (χ3v) is 7.58. The standard InChI is InChI=1S/C20H20Cl5N3O4S/c1-11(20(30)26-2)27(9-12-4-5-13(21)14(22)6-12)19(29)10-28(33(3,31)32)18-8-16(24)15(23)7-17(18)25/h4-8,11H,9-10H2,1-3H3,(H,26,30)/t11-/m0/s1. The van der Waals surface area contributed by atoms with Crippen LogP contribution in [0.5, 0.6) is 0 Å². The van der Waals surface area contributed by atoms with Gasteiger partial charge in [0, 0.05) is 13.6 Å². The van der Waals surface area contributed by atoms with E-state index in [1.165, 1.54) is 31.0 Å². The Balaban J connectivity index is 2.47. The summed E-state index contributed by atoms with van der Waals surface area (Å²) in [5.41, 5.74) is 0.566. The average Bonchev–Trinajstić information content (AvgIpc) is 2.73. The summed E-state index contributed by atoms with van der Waals surface area (Å²) >= 11 is 30.2. The molecule has 1 N–H and O–H groups in total. The number of carbonyl (C=O) groups excluding carboxylic acids is 2. The highest BCUT2D eigenvalue weighted by molar-refractivity contribution is 7.92. The van der Waals surface area contributed by atoms with Gasteiger partial charge in [0.1, 0.15) is 12.6 Å². The maximum absolute atomic E-state index is 13.3. The predicted molar refractivity (Wildman–Crippen MR) is 134 cm³/mol. The molecule has 0 aromatic heterocycles. The summed E-state index contributed by atoms with van der Waals surface area (Å²) in [5, 5.41) is 3.25.